The Kier molecular flexibility index (Phi) is 3.40. The number of hydrogen-bond donors (Lipinski definition) is 1. The third-order valence-corrected chi connectivity index (χ3v) is 2.91. The zero-order valence-electron chi connectivity index (χ0n) is 10.5. The zero-order chi connectivity index (χ0) is 12.9. The summed E-state index contributed by atoms with van der Waals surface area (Å²) in [5, 5.41) is 3.25. The average molecular weight is 253 g/mol. The molecule has 0 unspecified atom stereocenters. The van der Waals surface area contributed by atoms with Gasteiger partial charge in [0.25, 0.3) is 0 Å². The van der Waals surface area contributed by atoms with Gasteiger partial charge in [-0.3, -0.25) is 9.98 Å². The van der Waals surface area contributed by atoms with Gasteiger partial charge in [0.1, 0.15) is 18.2 Å². The van der Waals surface area contributed by atoms with E-state index < -0.39 is 0 Å². The van der Waals surface area contributed by atoms with Crippen molar-refractivity contribution in [3.05, 3.63) is 59.9 Å². The minimum absolute atomic E-state index is 0.485. The van der Waals surface area contributed by atoms with Crippen LogP contribution in [0.4, 0.5) is 0 Å². The van der Waals surface area contributed by atoms with Gasteiger partial charge in [0.2, 0.25) is 0 Å². The molecule has 0 atom stereocenters. The summed E-state index contributed by atoms with van der Waals surface area (Å²) >= 11 is 0. The fourth-order valence-corrected chi connectivity index (χ4v) is 1.94. The summed E-state index contributed by atoms with van der Waals surface area (Å²) in [6.45, 7) is 2.26. The first kappa shape index (κ1) is 11.7. The highest BCUT2D eigenvalue weighted by Crippen LogP contribution is 2.14. The van der Waals surface area contributed by atoms with Crippen LogP contribution in [-0.2, 0) is 6.61 Å². The smallest absolute Gasteiger partial charge is 0.130 e. The predicted molar refractivity (Wildman–Crippen MR) is 74.4 cm³/mol. The molecule has 0 spiro atoms. The molecule has 1 aromatic heterocycles. The average Bonchev–Trinajstić information content (AvgIpc) is 3.01. The third-order valence-electron chi connectivity index (χ3n) is 2.91. The van der Waals surface area contributed by atoms with Crippen molar-refractivity contribution in [1.29, 1.82) is 0 Å². The van der Waals surface area contributed by atoms with Crippen LogP contribution in [0.3, 0.4) is 0 Å². The second kappa shape index (κ2) is 5.52. The molecule has 0 amide bonds. The van der Waals surface area contributed by atoms with E-state index in [2.05, 4.69) is 15.3 Å². The van der Waals surface area contributed by atoms with Gasteiger partial charge >= 0.3 is 0 Å². The summed E-state index contributed by atoms with van der Waals surface area (Å²) in [5.41, 5.74) is 2.02. The highest BCUT2D eigenvalue weighted by Gasteiger charge is 2.07. The Morgan fingerprint density at radius 3 is 2.68 bits per heavy atom. The summed E-state index contributed by atoms with van der Waals surface area (Å²) in [4.78, 5) is 8.60. The van der Waals surface area contributed by atoms with Crippen molar-refractivity contribution in [2.75, 3.05) is 13.1 Å². The summed E-state index contributed by atoms with van der Waals surface area (Å²) < 4.78 is 5.69. The Labute approximate surface area is 112 Å². The summed E-state index contributed by atoms with van der Waals surface area (Å²) in [6, 6.07) is 13.8. The van der Waals surface area contributed by atoms with Crippen LogP contribution < -0.4 is 10.1 Å². The largest absolute Gasteiger partial charge is 0.487 e. The van der Waals surface area contributed by atoms with E-state index in [0.29, 0.717) is 6.61 Å². The lowest BCUT2D eigenvalue weighted by Gasteiger charge is -2.07. The van der Waals surface area contributed by atoms with Crippen molar-refractivity contribution >= 4 is 5.84 Å². The quantitative estimate of drug-likeness (QED) is 0.906. The van der Waals surface area contributed by atoms with Crippen molar-refractivity contribution in [3.8, 4) is 5.75 Å². The van der Waals surface area contributed by atoms with Gasteiger partial charge in [0.15, 0.2) is 0 Å². The summed E-state index contributed by atoms with van der Waals surface area (Å²) in [6.07, 6.45) is 1.77. The molecule has 1 aliphatic rings. The van der Waals surface area contributed by atoms with E-state index in [0.717, 1.165) is 35.9 Å². The highest BCUT2D eigenvalue weighted by molar-refractivity contribution is 5.99. The number of pyridine rings is 1. The minimum atomic E-state index is 0.485. The molecule has 0 radical (unpaired) electrons. The van der Waals surface area contributed by atoms with Gasteiger partial charge in [-0.25, -0.2) is 0 Å². The standard InChI is InChI=1S/C15H15N3O/c1-2-8-16-13(3-1)11-19-14-6-4-12(5-7-14)15-17-9-10-18-15/h1-8H,9-11H2,(H,17,18). The van der Waals surface area contributed by atoms with Crippen LogP contribution >= 0.6 is 0 Å². The Morgan fingerprint density at radius 1 is 1.11 bits per heavy atom. The van der Waals surface area contributed by atoms with Crippen LogP contribution in [-0.4, -0.2) is 23.9 Å². The molecular formula is C15H15N3O. The van der Waals surface area contributed by atoms with Crippen molar-refractivity contribution in [1.82, 2.24) is 10.3 Å². The number of amidine groups is 1. The number of aliphatic imine (C=N–C) groups is 1. The molecule has 0 aliphatic carbocycles. The number of nitrogens with zero attached hydrogens (tertiary/aromatic N) is 2. The van der Waals surface area contributed by atoms with Crippen molar-refractivity contribution in [2.24, 2.45) is 4.99 Å². The Bertz CT molecular complexity index is 564. The normalized spacial score (nSPS) is 13.8. The summed E-state index contributed by atoms with van der Waals surface area (Å²) in [5.74, 6) is 1.81. The Morgan fingerprint density at radius 2 is 2.00 bits per heavy atom. The molecule has 4 nitrogen and oxygen atoms in total. The molecule has 0 bridgehead atoms. The van der Waals surface area contributed by atoms with Crippen molar-refractivity contribution in [2.45, 2.75) is 6.61 Å². The van der Waals surface area contributed by atoms with Gasteiger partial charge in [0, 0.05) is 18.3 Å². The van der Waals surface area contributed by atoms with Gasteiger partial charge in [-0.2, -0.15) is 0 Å². The van der Waals surface area contributed by atoms with Crippen LogP contribution in [0.2, 0.25) is 0 Å². The van der Waals surface area contributed by atoms with E-state index in [1.165, 1.54) is 0 Å². The molecule has 3 rings (SSSR count). The van der Waals surface area contributed by atoms with Gasteiger partial charge in [-0.1, -0.05) is 6.07 Å². The molecule has 4 heteroatoms. The first-order valence-corrected chi connectivity index (χ1v) is 6.33. The fraction of sp³-hybridized carbons (Fsp3) is 0.200. The second-order valence-corrected chi connectivity index (χ2v) is 4.29. The third kappa shape index (κ3) is 2.91. The highest BCUT2D eigenvalue weighted by atomic mass is 16.5. The van der Waals surface area contributed by atoms with Crippen LogP contribution in [0.25, 0.3) is 0 Å². The van der Waals surface area contributed by atoms with Gasteiger partial charge in [0.05, 0.1) is 12.2 Å². The molecular weight excluding hydrogens is 238 g/mol. The molecule has 0 saturated heterocycles. The van der Waals surface area contributed by atoms with E-state index >= 15 is 0 Å². The lowest BCUT2D eigenvalue weighted by atomic mass is 10.2. The molecule has 1 aliphatic heterocycles. The molecule has 0 saturated carbocycles. The lowest BCUT2D eigenvalue weighted by Crippen LogP contribution is -2.19. The molecule has 2 heterocycles. The zero-order valence-corrected chi connectivity index (χ0v) is 10.5. The number of rotatable bonds is 4. The molecule has 2 aromatic rings. The van der Waals surface area contributed by atoms with Crippen LogP contribution in [0.15, 0.2) is 53.7 Å². The Hall–Kier alpha value is -2.36. The number of nitrogens with one attached hydrogen (secondary N) is 1. The van der Waals surface area contributed by atoms with Crippen molar-refractivity contribution in [3.63, 3.8) is 0 Å². The lowest BCUT2D eigenvalue weighted by molar-refractivity contribution is 0.301. The maximum absolute atomic E-state index is 5.69. The predicted octanol–water partition coefficient (Wildman–Crippen LogP) is 2.01. The van der Waals surface area contributed by atoms with E-state index in [1.54, 1.807) is 6.20 Å². The second-order valence-electron chi connectivity index (χ2n) is 4.29. The van der Waals surface area contributed by atoms with E-state index in [4.69, 9.17) is 4.74 Å². The molecule has 96 valence electrons. The van der Waals surface area contributed by atoms with Crippen LogP contribution in [0.5, 0.6) is 5.75 Å². The van der Waals surface area contributed by atoms with E-state index in [1.807, 2.05) is 42.5 Å². The molecule has 1 N–H and O–H groups in total. The number of hydrogen-bond acceptors (Lipinski definition) is 4. The molecule has 0 fully saturated rings. The minimum Gasteiger partial charge on any atom is -0.487 e. The number of aromatic nitrogens is 1. The number of ether oxygens (including phenoxy) is 1. The van der Waals surface area contributed by atoms with Gasteiger partial charge < -0.3 is 10.1 Å². The first-order chi connectivity index (χ1) is 9.42. The van der Waals surface area contributed by atoms with Crippen LogP contribution in [0, 0.1) is 0 Å². The van der Waals surface area contributed by atoms with E-state index in [9.17, 15) is 0 Å². The molecule has 19 heavy (non-hydrogen) atoms. The monoisotopic (exact) mass is 253 g/mol. The SMILES string of the molecule is c1ccc(COc2ccc(C3=NCCN3)cc2)nc1. The fourth-order valence-electron chi connectivity index (χ4n) is 1.94. The topological polar surface area (TPSA) is 46.5 Å². The maximum atomic E-state index is 5.69. The van der Waals surface area contributed by atoms with Crippen LogP contribution in [0.1, 0.15) is 11.3 Å². The molecule has 1 aromatic carbocycles. The Balaban J connectivity index is 1.63. The maximum Gasteiger partial charge on any atom is 0.130 e. The van der Waals surface area contributed by atoms with Gasteiger partial charge in [-0.15, -0.1) is 0 Å². The van der Waals surface area contributed by atoms with E-state index in [-0.39, 0.29) is 0 Å². The summed E-state index contributed by atoms with van der Waals surface area (Å²) in [7, 11) is 0. The van der Waals surface area contributed by atoms with Crippen molar-refractivity contribution < 1.29 is 4.74 Å². The number of benzene rings is 1. The first-order valence-electron chi connectivity index (χ1n) is 6.33. The van der Waals surface area contributed by atoms with Gasteiger partial charge in [-0.05, 0) is 36.4 Å².